The highest BCUT2D eigenvalue weighted by molar-refractivity contribution is 7.12. The Balaban J connectivity index is 1.53. The highest BCUT2D eigenvalue weighted by Gasteiger charge is 2.19. The zero-order valence-electron chi connectivity index (χ0n) is 10.5. The molecule has 2 aliphatic rings. The third kappa shape index (κ3) is 2.72. The van der Waals surface area contributed by atoms with Gasteiger partial charge in [-0.15, -0.1) is 11.3 Å². The summed E-state index contributed by atoms with van der Waals surface area (Å²) in [6, 6.07) is 3.07. The number of ether oxygens (including phenoxy) is 1. The molecule has 17 heavy (non-hydrogen) atoms. The molecule has 2 heterocycles. The molecule has 1 aromatic heterocycles. The fraction of sp³-hybridized carbons (Fsp3) is 0.714. The molecule has 0 aromatic carbocycles. The maximum Gasteiger partial charge on any atom is 0.0561 e. The van der Waals surface area contributed by atoms with Crippen LogP contribution in [0.2, 0.25) is 0 Å². The van der Waals surface area contributed by atoms with Crippen molar-refractivity contribution in [2.45, 2.75) is 57.7 Å². The van der Waals surface area contributed by atoms with Crippen molar-refractivity contribution in [3.05, 3.63) is 21.4 Å². The summed E-state index contributed by atoms with van der Waals surface area (Å²) >= 11 is 2.02. The predicted molar refractivity (Wildman–Crippen MR) is 71.6 cm³/mol. The van der Waals surface area contributed by atoms with Crippen molar-refractivity contribution in [1.82, 2.24) is 5.32 Å². The van der Waals surface area contributed by atoms with Crippen LogP contribution in [0.4, 0.5) is 0 Å². The van der Waals surface area contributed by atoms with E-state index in [0.29, 0.717) is 12.1 Å². The summed E-state index contributed by atoms with van der Waals surface area (Å²) in [6.45, 7) is 4.14. The maximum absolute atomic E-state index is 5.57. The first-order chi connectivity index (χ1) is 8.31. The lowest BCUT2D eigenvalue weighted by Gasteiger charge is -2.27. The average Bonchev–Trinajstić information content (AvgIpc) is 2.86. The van der Waals surface area contributed by atoms with Gasteiger partial charge >= 0.3 is 0 Å². The Morgan fingerprint density at radius 1 is 1.47 bits per heavy atom. The molecular formula is C14H21NOS. The van der Waals surface area contributed by atoms with Gasteiger partial charge in [-0.25, -0.2) is 0 Å². The van der Waals surface area contributed by atoms with Crippen LogP contribution < -0.4 is 5.32 Å². The molecule has 2 nitrogen and oxygen atoms in total. The van der Waals surface area contributed by atoms with Crippen molar-refractivity contribution < 1.29 is 4.74 Å². The van der Waals surface area contributed by atoms with E-state index in [9.17, 15) is 0 Å². The highest BCUT2D eigenvalue weighted by Crippen LogP contribution is 2.30. The molecule has 3 heteroatoms. The summed E-state index contributed by atoms with van der Waals surface area (Å²) in [5.74, 6) is 0. The van der Waals surface area contributed by atoms with Gasteiger partial charge in [-0.1, -0.05) is 0 Å². The minimum absolute atomic E-state index is 0.426. The summed E-state index contributed by atoms with van der Waals surface area (Å²) in [5.41, 5.74) is 1.62. The van der Waals surface area contributed by atoms with Crippen LogP contribution in [-0.2, 0) is 24.1 Å². The number of hydrogen-bond donors (Lipinski definition) is 1. The Morgan fingerprint density at radius 2 is 2.41 bits per heavy atom. The fourth-order valence-electron chi connectivity index (χ4n) is 2.91. The molecule has 0 spiro atoms. The minimum atomic E-state index is 0.426. The van der Waals surface area contributed by atoms with E-state index in [1.807, 2.05) is 11.3 Å². The van der Waals surface area contributed by atoms with E-state index in [0.717, 1.165) is 26.0 Å². The number of aryl methyl sites for hydroxylation is 2. The van der Waals surface area contributed by atoms with Gasteiger partial charge in [0.2, 0.25) is 0 Å². The number of hydrogen-bond acceptors (Lipinski definition) is 3. The monoisotopic (exact) mass is 251 g/mol. The first kappa shape index (κ1) is 11.7. The van der Waals surface area contributed by atoms with Gasteiger partial charge < -0.3 is 10.1 Å². The van der Waals surface area contributed by atoms with Crippen molar-refractivity contribution in [2.24, 2.45) is 0 Å². The molecule has 0 bridgehead atoms. The van der Waals surface area contributed by atoms with Gasteiger partial charge in [-0.3, -0.25) is 0 Å². The normalized spacial score (nSPS) is 28.3. The lowest BCUT2D eigenvalue weighted by atomic mass is 10.0. The second-order valence-electron chi connectivity index (χ2n) is 5.30. The molecule has 0 amide bonds. The van der Waals surface area contributed by atoms with Gasteiger partial charge in [-0.05, 0) is 50.7 Å². The van der Waals surface area contributed by atoms with Gasteiger partial charge in [0.25, 0.3) is 0 Å². The van der Waals surface area contributed by atoms with Crippen LogP contribution in [0.25, 0.3) is 0 Å². The van der Waals surface area contributed by atoms with Crippen LogP contribution >= 0.6 is 11.3 Å². The molecule has 94 valence electrons. The number of fused-ring (bicyclic) bond motifs is 1. The standard InChI is InChI=1S/C14H21NOS/c1-10-7-12(5-6-16-10)15-9-13-8-11-3-2-4-14(11)17-13/h8,10,12,15H,2-7,9H2,1H3. The SMILES string of the molecule is CC1CC(NCc2cc3c(s2)CCC3)CCO1. The topological polar surface area (TPSA) is 21.3 Å². The van der Waals surface area contributed by atoms with Crippen LogP contribution in [-0.4, -0.2) is 18.8 Å². The molecule has 1 N–H and O–H groups in total. The van der Waals surface area contributed by atoms with E-state index in [1.165, 1.54) is 24.1 Å². The van der Waals surface area contributed by atoms with Gasteiger partial charge in [0.05, 0.1) is 6.10 Å². The maximum atomic E-state index is 5.57. The molecule has 3 rings (SSSR count). The Bertz CT molecular complexity index is 366. The smallest absolute Gasteiger partial charge is 0.0561 e. The van der Waals surface area contributed by atoms with Crippen molar-refractivity contribution in [3.63, 3.8) is 0 Å². The van der Waals surface area contributed by atoms with Crippen LogP contribution in [0.5, 0.6) is 0 Å². The van der Waals surface area contributed by atoms with Crippen molar-refractivity contribution in [1.29, 1.82) is 0 Å². The van der Waals surface area contributed by atoms with Gasteiger partial charge in [0, 0.05) is 28.9 Å². The van der Waals surface area contributed by atoms with Gasteiger partial charge in [0.1, 0.15) is 0 Å². The summed E-state index contributed by atoms with van der Waals surface area (Å²) in [5, 5.41) is 3.69. The molecule has 1 fully saturated rings. The molecule has 1 aliphatic carbocycles. The summed E-state index contributed by atoms with van der Waals surface area (Å²) < 4.78 is 5.57. The molecule has 2 atom stereocenters. The first-order valence-electron chi connectivity index (χ1n) is 6.76. The first-order valence-corrected chi connectivity index (χ1v) is 7.58. The molecule has 1 aliphatic heterocycles. The molecule has 0 radical (unpaired) electrons. The molecule has 1 aromatic rings. The Hall–Kier alpha value is -0.380. The van der Waals surface area contributed by atoms with Crippen molar-refractivity contribution >= 4 is 11.3 Å². The predicted octanol–water partition coefficient (Wildman–Crippen LogP) is 2.89. The Labute approximate surface area is 107 Å². The van der Waals surface area contributed by atoms with Crippen molar-refractivity contribution in [3.8, 4) is 0 Å². The largest absolute Gasteiger partial charge is 0.378 e. The average molecular weight is 251 g/mol. The minimum Gasteiger partial charge on any atom is -0.378 e. The van der Waals surface area contributed by atoms with E-state index in [4.69, 9.17) is 4.74 Å². The molecule has 2 unspecified atom stereocenters. The lowest BCUT2D eigenvalue weighted by molar-refractivity contribution is 0.0131. The van der Waals surface area contributed by atoms with Gasteiger partial charge in [-0.2, -0.15) is 0 Å². The Morgan fingerprint density at radius 3 is 3.24 bits per heavy atom. The molecular weight excluding hydrogens is 230 g/mol. The van der Waals surface area contributed by atoms with Crippen LogP contribution in [0.1, 0.15) is 41.5 Å². The second kappa shape index (κ2) is 5.09. The zero-order chi connectivity index (χ0) is 11.7. The second-order valence-corrected chi connectivity index (χ2v) is 6.52. The number of rotatable bonds is 3. The molecule has 0 saturated carbocycles. The van der Waals surface area contributed by atoms with E-state index in [2.05, 4.69) is 18.3 Å². The van der Waals surface area contributed by atoms with Crippen LogP contribution in [0.15, 0.2) is 6.07 Å². The van der Waals surface area contributed by atoms with E-state index < -0.39 is 0 Å². The zero-order valence-corrected chi connectivity index (χ0v) is 11.3. The van der Waals surface area contributed by atoms with E-state index in [-0.39, 0.29) is 0 Å². The van der Waals surface area contributed by atoms with E-state index >= 15 is 0 Å². The van der Waals surface area contributed by atoms with E-state index in [1.54, 1.807) is 10.4 Å². The third-order valence-corrected chi connectivity index (χ3v) is 5.08. The third-order valence-electron chi connectivity index (χ3n) is 3.85. The van der Waals surface area contributed by atoms with Crippen LogP contribution in [0, 0.1) is 0 Å². The lowest BCUT2D eigenvalue weighted by Crippen LogP contribution is -2.37. The van der Waals surface area contributed by atoms with Gasteiger partial charge in [0.15, 0.2) is 0 Å². The highest BCUT2D eigenvalue weighted by atomic mass is 32.1. The van der Waals surface area contributed by atoms with Crippen molar-refractivity contribution in [2.75, 3.05) is 6.61 Å². The quantitative estimate of drug-likeness (QED) is 0.892. The summed E-state index contributed by atoms with van der Waals surface area (Å²) in [7, 11) is 0. The molecule has 1 saturated heterocycles. The summed E-state index contributed by atoms with van der Waals surface area (Å²) in [6.07, 6.45) is 6.73. The number of nitrogens with one attached hydrogen (secondary N) is 1. The Kier molecular flexibility index (Phi) is 3.50. The summed E-state index contributed by atoms with van der Waals surface area (Å²) in [4.78, 5) is 3.16. The fourth-order valence-corrected chi connectivity index (χ4v) is 4.12. The van der Waals surface area contributed by atoms with Crippen LogP contribution in [0.3, 0.4) is 0 Å². The number of thiophene rings is 1.